The lowest BCUT2D eigenvalue weighted by Crippen LogP contribution is -2.29. The van der Waals surface area contributed by atoms with E-state index < -0.39 is 10.3 Å². The van der Waals surface area contributed by atoms with E-state index in [2.05, 4.69) is 5.32 Å². The first-order valence-corrected chi connectivity index (χ1v) is 9.67. The molecule has 7 nitrogen and oxygen atoms in total. The molecule has 0 saturated carbocycles. The van der Waals surface area contributed by atoms with Crippen LogP contribution in [0.4, 0.5) is 10.7 Å². The predicted molar refractivity (Wildman–Crippen MR) is 111 cm³/mol. The van der Waals surface area contributed by atoms with Crippen molar-refractivity contribution in [3.05, 3.63) is 56.5 Å². The molecule has 0 saturated heterocycles. The van der Waals surface area contributed by atoms with Crippen molar-refractivity contribution in [2.45, 2.75) is 40.7 Å². The molecule has 0 aliphatic heterocycles. The number of carbonyl (C=O) groups is 2. The van der Waals surface area contributed by atoms with E-state index in [9.17, 15) is 19.7 Å². The Morgan fingerprint density at radius 2 is 1.89 bits per heavy atom. The molecule has 1 aromatic carbocycles. The van der Waals surface area contributed by atoms with Crippen LogP contribution in [0.25, 0.3) is 0 Å². The smallest absolute Gasteiger partial charge is 0.269 e. The van der Waals surface area contributed by atoms with Gasteiger partial charge in [0.05, 0.1) is 20.8 Å². The summed E-state index contributed by atoms with van der Waals surface area (Å²) in [6.45, 7) is 9.11. The van der Waals surface area contributed by atoms with Gasteiger partial charge >= 0.3 is 0 Å². The van der Waals surface area contributed by atoms with Crippen LogP contribution in [0, 0.1) is 22.5 Å². The summed E-state index contributed by atoms with van der Waals surface area (Å²) in [5.74, 6) is -0.316. The summed E-state index contributed by atoms with van der Waals surface area (Å²) in [7, 11) is 1.67. The number of hydrogen-bond donors (Lipinski definition) is 1. The molecule has 0 radical (unpaired) electrons. The lowest BCUT2D eigenvalue weighted by Gasteiger charge is -2.25. The van der Waals surface area contributed by atoms with E-state index in [1.54, 1.807) is 30.1 Å². The average Bonchev–Trinajstić information content (AvgIpc) is 2.99. The van der Waals surface area contributed by atoms with Gasteiger partial charge in [0.1, 0.15) is 0 Å². The Labute approximate surface area is 168 Å². The zero-order valence-electron chi connectivity index (χ0n) is 16.9. The number of carbonyl (C=O) groups excluding carboxylic acids is 2. The Hall–Kier alpha value is -2.74. The van der Waals surface area contributed by atoms with Crippen LogP contribution in [-0.2, 0) is 4.79 Å². The van der Waals surface area contributed by atoms with E-state index in [0.717, 1.165) is 5.56 Å². The maximum atomic E-state index is 13.0. The molecule has 1 aromatic heterocycles. The Kier molecular flexibility index (Phi) is 6.23. The van der Waals surface area contributed by atoms with Crippen molar-refractivity contribution >= 4 is 33.8 Å². The number of anilines is 1. The predicted octanol–water partition coefficient (Wildman–Crippen LogP) is 4.78. The number of non-ortho nitro benzene ring substituents is 1. The molecule has 0 spiro atoms. The Balaban J connectivity index is 2.22. The minimum atomic E-state index is -0.532. The molecule has 0 aliphatic carbocycles. The highest BCUT2D eigenvalue weighted by atomic mass is 32.1. The highest BCUT2D eigenvalue weighted by molar-refractivity contribution is 7.18. The van der Waals surface area contributed by atoms with E-state index in [1.807, 2.05) is 34.6 Å². The van der Waals surface area contributed by atoms with E-state index in [1.165, 1.54) is 23.5 Å². The molecule has 0 fully saturated rings. The summed E-state index contributed by atoms with van der Waals surface area (Å²) < 4.78 is 0. The largest absolute Gasteiger partial charge is 0.334 e. The number of rotatable bonds is 5. The number of nitro benzene ring substituents is 1. The molecule has 2 aromatic rings. The maximum absolute atomic E-state index is 13.0. The van der Waals surface area contributed by atoms with Gasteiger partial charge in [0, 0.05) is 24.6 Å². The second-order valence-corrected chi connectivity index (χ2v) is 8.82. The van der Waals surface area contributed by atoms with E-state index in [0.29, 0.717) is 15.4 Å². The van der Waals surface area contributed by atoms with Gasteiger partial charge in [0.25, 0.3) is 11.6 Å². The minimum Gasteiger partial charge on any atom is -0.334 e. The number of thiophene rings is 1. The highest BCUT2D eigenvalue weighted by Gasteiger charge is 2.26. The molecule has 0 aliphatic rings. The van der Waals surface area contributed by atoms with Crippen LogP contribution in [-0.4, -0.2) is 28.7 Å². The van der Waals surface area contributed by atoms with Crippen molar-refractivity contribution in [3.63, 3.8) is 0 Å². The molecule has 8 heteroatoms. The second-order valence-electron chi connectivity index (χ2n) is 7.77. The van der Waals surface area contributed by atoms with Crippen molar-refractivity contribution in [2.75, 3.05) is 12.4 Å². The van der Waals surface area contributed by atoms with Gasteiger partial charge in [-0.15, -0.1) is 11.3 Å². The highest BCUT2D eigenvalue weighted by Crippen LogP contribution is 2.31. The summed E-state index contributed by atoms with van der Waals surface area (Å²) in [6, 6.07) is 7.71. The standard InChI is InChI=1S/C20H25N3O4S/c1-12-10-16(21-19(25)20(3,4)5)28-17(12)18(24)22(6)13(2)14-8-7-9-15(11-14)23(26)27/h7-11,13H,1-6H3,(H,21,25). The number of nitro groups is 1. The molecular weight excluding hydrogens is 378 g/mol. The molecular formula is C20H25N3O4S. The normalized spacial score (nSPS) is 12.4. The molecule has 1 atom stereocenters. The molecule has 0 bridgehead atoms. The van der Waals surface area contributed by atoms with Crippen molar-refractivity contribution in [1.82, 2.24) is 4.90 Å². The first-order chi connectivity index (χ1) is 12.9. The lowest BCUT2D eigenvalue weighted by atomic mass is 9.96. The summed E-state index contributed by atoms with van der Waals surface area (Å²) in [6.07, 6.45) is 0. The fourth-order valence-corrected chi connectivity index (χ4v) is 3.56. The van der Waals surface area contributed by atoms with Gasteiger partial charge in [-0.2, -0.15) is 0 Å². The van der Waals surface area contributed by atoms with Crippen molar-refractivity contribution in [1.29, 1.82) is 0 Å². The molecule has 150 valence electrons. The van der Waals surface area contributed by atoms with E-state index in [4.69, 9.17) is 0 Å². The van der Waals surface area contributed by atoms with Gasteiger partial charge in [-0.3, -0.25) is 19.7 Å². The van der Waals surface area contributed by atoms with Gasteiger partial charge < -0.3 is 10.2 Å². The second kappa shape index (κ2) is 8.10. The fourth-order valence-electron chi connectivity index (χ4n) is 2.51. The molecule has 2 rings (SSSR count). The van der Waals surface area contributed by atoms with Crippen LogP contribution in [0.1, 0.15) is 54.5 Å². The Bertz CT molecular complexity index is 914. The zero-order chi connectivity index (χ0) is 21.2. The third kappa shape index (κ3) is 4.75. The van der Waals surface area contributed by atoms with Crippen molar-refractivity contribution < 1.29 is 14.5 Å². The summed E-state index contributed by atoms with van der Waals surface area (Å²) in [4.78, 5) is 37.8. The molecule has 1 heterocycles. The summed E-state index contributed by atoms with van der Waals surface area (Å²) in [5, 5.41) is 14.5. The van der Waals surface area contributed by atoms with Crippen LogP contribution < -0.4 is 5.32 Å². The quantitative estimate of drug-likeness (QED) is 0.574. The number of nitrogens with one attached hydrogen (secondary N) is 1. The third-order valence-electron chi connectivity index (χ3n) is 4.49. The first-order valence-electron chi connectivity index (χ1n) is 8.85. The number of aryl methyl sites for hydroxylation is 1. The summed E-state index contributed by atoms with van der Waals surface area (Å²) >= 11 is 1.23. The molecule has 1 unspecified atom stereocenters. The average molecular weight is 404 g/mol. The van der Waals surface area contributed by atoms with Crippen LogP contribution in [0.3, 0.4) is 0 Å². The zero-order valence-corrected chi connectivity index (χ0v) is 17.7. The lowest BCUT2D eigenvalue weighted by molar-refractivity contribution is -0.384. The molecule has 2 amide bonds. The van der Waals surface area contributed by atoms with Gasteiger partial charge in [-0.25, -0.2) is 0 Å². The van der Waals surface area contributed by atoms with Crippen LogP contribution in [0.2, 0.25) is 0 Å². The van der Waals surface area contributed by atoms with Crippen molar-refractivity contribution in [2.24, 2.45) is 5.41 Å². The fraction of sp³-hybridized carbons (Fsp3) is 0.400. The van der Waals surface area contributed by atoms with Crippen LogP contribution in [0.15, 0.2) is 30.3 Å². The van der Waals surface area contributed by atoms with Gasteiger partial charge in [-0.1, -0.05) is 32.9 Å². The first kappa shape index (κ1) is 21.6. The SMILES string of the molecule is Cc1cc(NC(=O)C(C)(C)C)sc1C(=O)N(C)C(C)c1cccc([N+](=O)[O-])c1. The maximum Gasteiger partial charge on any atom is 0.269 e. The van der Waals surface area contributed by atoms with E-state index in [-0.39, 0.29) is 23.5 Å². The van der Waals surface area contributed by atoms with Gasteiger partial charge in [0.2, 0.25) is 5.91 Å². The monoisotopic (exact) mass is 403 g/mol. The molecule has 28 heavy (non-hydrogen) atoms. The topological polar surface area (TPSA) is 92.6 Å². The number of nitrogens with zero attached hydrogens (tertiary/aromatic N) is 2. The Morgan fingerprint density at radius 3 is 2.46 bits per heavy atom. The minimum absolute atomic E-state index is 0.00955. The van der Waals surface area contributed by atoms with E-state index >= 15 is 0 Å². The van der Waals surface area contributed by atoms with Gasteiger partial charge in [-0.05, 0) is 31.0 Å². The number of amides is 2. The van der Waals surface area contributed by atoms with Crippen molar-refractivity contribution in [3.8, 4) is 0 Å². The van der Waals surface area contributed by atoms with Gasteiger partial charge in [0.15, 0.2) is 0 Å². The summed E-state index contributed by atoms with van der Waals surface area (Å²) in [5.41, 5.74) is 0.914. The third-order valence-corrected chi connectivity index (χ3v) is 5.64. The van der Waals surface area contributed by atoms with Crippen LogP contribution in [0.5, 0.6) is 0 Å². The number of hydrogen-bond acceptors (Lipinski definition) is 5. The number of benzene rings is 1. The molecule has 1 N–H and O–H groups in total. The Morgan fingerprint density at radius 1 is 1.25 bits per heavy atom. The van der Waals surface area contributed by atoms with Crippen LogP contribution >= 0.6 is 11.3 Å².